The van der Waals surface area contributed by atoms with E-state index in [1.165, 1.54) is 12.5 Å². The third-order valence-corrected chi connectivity index (χ3v) is 4.58. The zero-order chi connectivity index (χ0) is 21.3. The van der Waals surface area contributed by atoms with Gasteiger partial charge in [-0.1, -0.05) is 36.4 Å². The molecule has 0 aliphatic rings. The summed E-state index contributed by atoms with van der Waals surface area (Å²) < 4.78 is 5.78. The second-order valence-electron chi connectivity index (χ2n) is 6.65. The molecule has 6 heteroatoms. The van der Waals surface area contributed by atoms with Crippen molar-refractivity contribution in [2.75, 3.05) is 11.9 Å². The van der Waals surface area contributed by atoms with E-state index >= 15 is 0 Å². The van der Waals surface area contributed by atoms with Crippen LogP contribution in [-0.2, 0) is 6.42 Å². The van der Waals surface area contributed by atoms with Gasteiger partial charge in [0.2, 0.25) is 0 Å². The summed E-state index contributed by atoms with van der Waals surface area (Å²) in [5.41, 5.74) is 2.94. The Labute approximate surface area is 181 Å². The Morgan fingerprint density at radius 2 is 1.63 bits per heavy atom. The first-order valence-electron chi connectivity index (χ1n) is 9.51. The molecule has 5 nitrogen and oxygen atoms in total. The normalized spacial score (nSPS) is 10.2. The molecule has 152 valence electrons. The Balaban J connectivity index is 1.52. The van der Waals surface area contributed by atoms with Crippen molar-refractivity contribution in [1.29, 1.82) is 0 Å². The highest BCUT2D eigenvalue weighted by molar-refractivity contribution is 7.80. The molecule has 0 aliphatic carbocycles. The number of carbonyl (C=O) groups excluding carboxylic acids is 2. The van der Waals surface area contributed by atoms with Crippen LogP contribution in [-0.4, -0.2) is 23.4 Å². The van der Waals surface area contributed by atoms with E-state index < -0.39 is 0 Å². The highest BCUT2D eigenvalue weighted by Gasteiger charge is 2.09. The summed E-state index contributed by atoms with van der Waals surface area (Å²) in [4.78, 5) is 23.8. The second-order valence-corrected chi connectivity index (χ2v) is 7.06. The number of carbonyl (C=O) groups is 2. The molecule has 30 heavy (non-hydrogen) atoms. The number of anilines is 1. The maximum atomic E-state index is 12.5. The van der Waals surface area contributed by atoms with Gasteiger partial charge in [-0.3, -0.25) is 14.9 Å². The van der Waals surface area contributed by atoms with Crippen molar-refractivity contribution >= 4 is 34.7 Å². The van der Waals surface area contributed by atoms with Crippen molar-refractivity contribution in [2.45, 2.75) is 13.3 Å². The number of hydrogen-bond acceptors (Lipinski definition) is 4. The molecule has 0 heterocycles. The van der Waals surface area contributed by atoms with Crippen LogP contribution in [0.3, 0.4) is 0 Å². The van der Waals surface area contributed by atoms with Crippen molar-refractivity contribution in [3.63, 3.8) is 0 Å². The summed E-state index contributed by atoms with van der Waals surface area (Å²) in [5, 5.41) is 5.76. The van der Waals surface area contributed by atoms with Crippen LogP contribution >= 0.6 is 12.2 Å². The smallest absolute Gasteiger partial charge is 0.257 e. The molecule has 0 saturated heterocycles. The van der Waals surface area contributed by atoms with Crippen molar-refractivity contribution < 1.29 is 14.3 Å². The molecule has 3 rings (SSSR count). The fourth-order valence-electron chi connectivity index (χ4n) is 2.78. The Morgan fingerprint density at radius 1 is 0.900 bits per heavy atom. The van der Waals surface area contributed by atoms with Crippen molar-refractivity contribution in [3.8, 4) is 5.75 Å². The number of hydrogen-bond donors (Lipinski definition) is 2. The number of ketones is 1. The lowest BCUT2D eigenvalue weighted by Crippen LogP contribution is -2.34. The molecule has 0 unspecified atom stereocenters. The van der Waals surface area contributed by atoms with E-state index in [9.17, 15) is 9.59 Å². The second kappa shape index (κ2) is 10.3. The Morgan fingerprint density at radius 3 is 2.33 bits per heavy atom. The van der Waals surface area contributed by atoms with Gasteiger partial charge in [-0.2, -0.15) is 0 Å². The number of Topliss-reactive ketones (excluding diaryl/α,β-unsaturated/α-hetero) is 1. The van der Waals surface area contributed by atoms with Gasteiger partial charge in [0.15, 0.2) is 10.9 Å². The SMILES string of the molecule is CC(=O)c1ccc(NC(=S)NC(=O)c2cccc(OCCc3ccccc3)c2)cc1. The minimum Gasteiger partial charge on any atom is -0.493 e. The minimum atomic E-state index is -0.332. The third-order valence-electron chi connectivity index (χ3n) is 4.37. The first-order valence-corrected chi connectivity index (χ1v) is 9.92. The van der Waals surface area contributed by atoms with Gasteiger partial charge in [0.1, 0.15) is 5.75 Å². The summed E-state index contributed by atoms with van der Waals surface area (Å²) in [6.07, 6.45) is 0.785. The molecule has 3 aromatic rings. The average molecular weight is 419 g/mol. The van der Waals surface area contributed by atoms with Crippen LogP contribution in [0.5, 0.6) is 5.75 Å². The molecule has 1 amide bonds. The molecule has 0 radical (unpaired) electrons. The molecule has 0 aromatic heterocycles. The van der Waals surface area contributed by atoms with Gasteiger partial charge in [-0.15, -0.1) is 0 Å². The van der Waals surface area contributed by atoms with Gasteiger partial charge in [0, 0.05) is 23.2 Å². The van der Waals surface area contributed by atoms with E-state index in [2.05, 4.69) is 22.8 Å². The molecule has 0 saturated carbocycles. The molecular formula is C24H22N2O3S. The van der Waals surface area contributed by atoms with Crippen molar-refractivity contribution in [1.82, 2.24) is 5.32 Å². The predicted molar refractivity (Wildman–Crippen MR) is 122 cm³/mol. The number of thiocarbonyl (C=S) groups is 1. The summed E-state index contributed by atoms with van der Waals surface area (Å²) in [6, 6.07) is 23.9. The average Bonchev–Trinajstić information content (AvgIpc) is 2.75. The lowest BCUT2D eigenvalue weighted by Gasteiger charge is -2.11. The van der Waals surface area contributed by atoms with Crippen LogP contribution in [0.25, 0.3) is 0 Å². The van der Waals surface area contributed by atoms with Crippen LogP contribution < -0.4 is 15.4 Å². The van der Waals surface area contributed by atoms with E-state index in [0.29, 0.717) is 29.2 Å². The van der Waals surface area contributed by atoms with E-state index in [-0.39, 0.29) is 16.8 Å². The zero-order valence-electron chi connectivity index (χ0n) is 16.6. The Kier molecular flexibility index (Phi) is 7.29. The number of amides is 1. The summed E-state index contributed by atoms with van der Waals surface area (Å²) >= 11 is 5.21. The maximum absolute atomic E-state index is 12.5. The first kappa shape index (κ1) is 21.2. The number of benzene rings is 3. The molecular weight excluding hydrogens is 396 g/mol. The molecule has 0 bridgehead atoms. The molecule has 2 N–H and O–H groups in total. The van der Waals surface area contributed by atoms with Gasteiger partial charge in [-0.05, 0) is 67.2 Å². The lowest BCUT2D eigenvalue weighted by atomic mass is 10.1. The fourth-order valence-corrected chi connectivity index (χ4v) is 2.99. The van der Waals surface area contributed by atoms with Crippen LogP contribution in [0.1, 0.15) is 33.2 Å². The van der Waals surface area contributed by atoms with Gasteiger partial charge in [0.05, 0.1) is 6.61 Å². The predicted octanol–water partition coefficient (Wildman–Crippen LogP) is 4.64. The standard InChI is InChI=1S/C24H22N2O3S/c1-17(27)19-10-12-21(13-11-19)25-24(30)26-23(28)20-8-5-9-22(16-20)29-15-14-18-6-3-2-4-7-18/h2-13,16H,14-15H2,1H3,(H2,25,26,28,30). The third kappa shape index (κ3) is 6.25. The minimum absolute atomic E-state index is 0.0108. The van der Waals surface area contributed by atoms with Gasteiger partial charge >= 0.3 is 0 Å². The van der Waals surface area contributed by atoms with Crippen molar-refractivity contribution in [3.05, 3.63) is 95.6 Å². The highest BCUT2D eigenvalue weighted by Crippen LogP contribution is 2.14. The van der Waals surface area contributed by atoms with Crippen molar-refractivity contribution in [2.24, 2.45) is 0 Å². The molecule has 0 aliphatic heterocycles. The molecule has 0 spiro atoms. The number of ether oxygens (including phenoxy) is 1. The van der Waals surface area contributed by atoms with E-state index in [0.717, 1.165) is 6.42 Å². The van der Waals surface area contributed by atoms with E-state index in [1.54, 1.807) is 42.5 Å². The van der Waals surface area contributed by atoms with Crippen LogP contribution in [0.4, 0.5) is 5.69 Å². The van der Waals surface area contributed by atoms with Gasteiger partial charge < -0.3 is 10.1 Å². The molecule has 3 aromatic carbocycles. The summed E-state index contributed by atoms with van der Waals surface area (Å²) in [5.74, 6) is 0.280. The Hall–Kier alpha value is -3.51. The van der Waals surface area contributed by atoms with E-state index in [4.69, 9.17) is 17.0 Å². The topological polar surface area (TPSA) is 67.4 Å². The lowest BCUT2D eigenvalue weighted by molar-refractivity contribution is 0.0975. The van der Waals surface area contributed by atoms with Crippen LogP contribution in [0.2, 0.25) is 0 Å². The summed E-state index contributed by atoms with van der Waals surface area (Å²) in [6.45, 7) is 2.03. The quantitative estimate of drug-likeness (QED) is 0.432. The molecule has 0 fully saturated rings. The van der Waals surface area contributed by atoms with Gasteiger partial charge in [0.25, 0.3) is 5.91 Å². The first-order chi connectivity index (χ1) is 14.5. The monoisotopic (exact) mass is 418 g/mol. The number of nitrogens with one attached hydrogen (secondary N) is 2. The Bertz CT molecular complexity index is 1030. The van der Waals surface area contributed by atoms with Gasteiger partial charge in [-0.25, -0.2) is 0 Å². The largest absolute Gasteiger partial charge is 0.493 e. The van der Waals surface area contributed by atoms with E-state index in [1.807, 2.05) is 24.3 Å². The summed E-state index contributed by atoms with van der Waals surface area (Å²) in [7, 11) is 0. The molecule has 0 atom stereocenters. The van der Waals surface area contributed by atoms with Crippen LogP contribution in [0, 0.1) is 0 Å². The highest BCUT2D eigenvalue weighted by atomic mass is 32.1. The number of rotatable bonds is 7. The zero-order valence-corrected chi connectivity index (χ0v) is 17.4. The van der Waals surface area contributed by atoms with Crippen LogP contribution in [0.15, 0.2) is 78.9 Å². The fraction of sp³-hybridized carbons (Fsp3) is 0.125. The maximum Gasteiger partial charge on any atom is 0.257 e.